The van der Waals surface area contributed by atoms with E-state index in [4.69, 9.17) is 5.73 Å². The minimum Gasteiger partial charge on any atom is -0.351 e. The Bertz CT molecular complexity index is 472. The lowest BCUT2D eigenvalue weighted by atomic mass is 9.84. The highest BCUT2D eigenvalue weighted by Crippen LogP contribution is 2.38. The van der Waals surface area contributed by atoms with E-state index in [1.807, 2.05) is 19.4 Å². The molecule has 3 N–H and O–H groups in total. The Kier molecular flexibility index (Phi) is 3.54. The third-order valence-corrected chi connectivity index (χ3v) is 5.25. The highest BCUT2D eigenvalue weighted by molar-refractivity contribution is 5.83. The molecule has 5 heteroatoms. The summed E-state index contributed by atoms with van der Waals surface area (Å²) in [5.74, 6) is 0.138. The Balaban J connectivity index is 1.69. The van der Waals surface area contributed by atoms with Crippen molar-refractivity contribution in [3.8, 4) is 0 Å². The van der Waals surface area contributed by atoms with Gasteiger partial charge in [0, 0.05) is 24.5 Å². The van der Waals surface area contributed by atoms with Gasteiger partial charge in [-0.05, 0) is 39.0 Å². The average molecular weight is 276 g/mol. The second-order valence-corrected chi connectivity index (χ2v) is 6.50. The summed E-state index contributed by atoms with van der Waals surface area (Å²) in [6, 6.07) is 0.541. The molecule has 2 saturated carbocycles. The van der Waals surface area contributed by atoms with Crippen LogP contribution in [0.1, 0.15) is 51.5 Å². The summed E-state index contributed by atoms with van der Waals surface area (Å²) in [5, 5.41) is 3.26. The van der Waals surface area contributed by atoms with Gasteiger partial charge in [-0.1, -0.05) is 6.42 Å². The number of hydrogen-bond donors (Lipinski definition) is 2. The molecule has 3 rings (SSSR count). The van der Waals surface area contributed by atoms with E-state index in [0.29, 0.717) is 6.04 Å². The van der Waals surface area contributed by atoms with E-state index in [-0.39, 0.29) is 23.4 Å². The summed E-state index contributed by atoms with van der Waals surface area (Å²) in [4.78, 5) is 16.7. The predicted octanol–water partition coefficient (Wildman–Crippen LogP) is 1.61. The quantitative estimate of drug-likeness (QED) is 0.881. The number of carbonyl (C=O) groups excluding carboxylic acids is 1. The molecule has 0 aliphatic heterocycles. The molecule has 1 heterocycles. The number of imidazole rings is 1. The molecule has 0 saturated heterocycles. The van der Waals surface area contributed by atoms with Crippen molar-refractivity contribution < 1.29 is 4.79 Å². The molecule has 1 aromatic heterocycles. The van der Waals surface area contributed by atoms with Crippen LogP contribution in [0, 0.1) is 5.41 Å². The lowest BCUT2D eigenvalue weighted by Crippen LogP contribution is -2.51. The van der Waals surface area contributed by atoms with Gasteiger partial charge in [-0.25, -0.2) is 4.98 Å². The Morgan fingerprint density at radius 3 is 2.90 bits per heavy atom. The van der Waals surface area contributed by atoms with Crippen LogP contribution in [0.5, 0.6) is 0 Å². The van der Waals surface area contributed by atoms with Crippen LogP contribution in [-0.4, -0.2) is 27.5 Å². The van der Waals surface area contributed by atoms with Gasteiger partial charge < -0.3 is 15.6 Å². The third-order valence-electron chi connectivity index (χ3n) is 5.25. The lowest BCUT2D eigenvalue weighted by molar-refractivity contribution is -0.131. The zero-order valence-corrected chi connectivity index (χ0v) is 12.1. The highest BCUT2D eigenvalue weighted by atomic mass is 16.2. The van der Waals surface area contributed by atoms with E-state index in [1.54, 1.807) is 6.20 Å². The maximum Gasteiger partial charge on any atom is 0.227 e. The van der Waals surface area contributed by atoms with Gasteiger partial charge in [0.05, 0.1) is 17.8 Å². The minimum atomic E-state index is -0.387. The van der Waals surface area contributed by atoms with E-state index in [2.05, 4.69) is 14.9 Å². The van der Waals surface area contributed by atoms with Crippen molar-refractivity contribution >= 4 is 5.91 Å². The van der Waals surface area contributed by atoms with Gasteiger partial charge in [-0.15, -0.1) is 0 Å². The van der Waals surface area contributed by atoms with Crippen LogP contribution >= 0.6 is 0 Å². The van der Waals surface area contributed by atoms with Crippen LogP contribution in [0.25, 0.3) is 0 Å². The Morgan fingerprint density at radius 2 is 2.25 bits per heavy atom. The fourth-order valence-electron chi connectivity index (χ4n) is 3.74. The summed E-state index contributed by atoms with van der Waals surface area (Å²) < 4.78 is 2.12. The fraction of sp³-hybridized carbons (Fsp3) is 0.733. The Labute approximate surface area is 119 Å². The standard InChI is InChI=1S/C15H24N4O/c1-15(7-3-6-13(15)16)14(20)18-11-4-2-5-12(11)19-9-8-17-10-19/h8-13H,2-7,16H2,1H3,(H,18,20). The summed E-state index contributed by atoms with van der Waals surface area (Å²) in [5.41, 5.74) is 5.75. The van der Waals surface area contributed by atoms with Crippen LogP contribution in [0.4, 0.5) is 0 Å². The molecule has 2 fully saturated rings. The molecule has 20 heavy (non-hydrogen) atoms. The zero-order valence-electron chi connectivity index (χ0n) is 12.1. The molecule has 5 nitrogen and oxygen atoms in total. The number of nitrogens with zero attached hydrogens (tertiary/aromatic N) is 2. The largest absolute Gasteiger partial charge is 0.351 e. The van der Waals surface area contributed by atoms with Gasteiger partial charge in [0.15, 0.2) is 0 Å². The smallest absolute Gasteiger partial charge is 0.227 e. The molecule has 1 amide bonds. The maximum absolute atomic E-state index is 12.6. The normalized spacial score (nSPS) is 37.2. The molecule has 4 unspecified atom stereocenters. The first-order valence-electron chi connectivity index (χ1n) is 7.65. The first kappa shape index (κ1) is 13.6. The van der Waals surface area contributed by atoms with Gasteiger partial charge in [-0.3, -0.25) is 4.79 Å². The van der Waals surface area contributed by atoms with Crippen LogP contribution < -0.4 is 11.1 Å². The second-order valence-electron chi connectivity index (χ2n) is 6.50. The lowest BCUT2D eigenvalue weighted by Gasteiger charge is -2.31. The molecule has 1 aromatic rings. The van der Waals surface area contributed by atoms with Crippen LogP contribution in [0.2, 0.25) is 0 Å². The first-order valence-corrected chi connectivity index (χ1v) is 7.65. The number of nitrogens with one attached hydrogen (secondary N) is 1. The van der Waals surface area contributed by atoms with Gasteiger partial charge in [0.2, 0.25) is 5.91 Å². The van der Waals surface area contributed by atoms with Gasteiger partial charge in [-0.2, -0.15) is 0 Å². The van der Waals surface area contributed by atoms with Crippen LogP contribution in [0.15, 0.2) is 18.7 Å². The zero-order chi connectivity index (χ0) is 14.2. The van der Waals surface area contributed by atoms with Crippen molar-refractivity contribution in [2.45, 2.75) is 63.6 Å². The molecular weight excluding hydrogens is 252 g/mol. The van der Waals surface area contributed by atoms with Crippen LogP contribution in [0.3, 0.4) is 0 Å². The van der Waals surface area contributed by atoms with Crippen molar-refractivity contribution in [3.05, 3.63) is 18.7 Å². The number of amides is 1. The number of hydrogen-bond acceptors (Lipinski definition) is 3. The first-order chi connectivity index (χ1) is 9.61. The fourth-order valence-corrected chi connectivity index (χ4v) is 3.74. The predicted molar refractivity (Wildman–Crippen MR) is 77.0 cm³/mol. The second kappa shape index (κ2) is 5.20. The maximum atomic E-state index is 12.6. The molecule has 0 radical (unpaired) electrons. The number of rotatable bonds is 3. The Hall–Kier alpha value is -1.36. The molecule has 4 atom stereocenters. The van der Waals surface area contributed by atoms with Crippen LogP contribution in [-0.2, 0) is 4.79 Å². The van der Waals surface area contributed by atoms with E-state index >= 15 is 0 Å². The topological polar surface area (TPSA) is 72.9 Å². The van der Waals surface area contributed by atoms with Crippen molar-refractivity contribution in [2.24, 2.45) is 11.1 Å². The molecular formula is C15H24N4O. The van der Waals surface area contributed by atoms with Crippen molar-refractivity contribution in [2.75, 3.05) is 0 Å². The number of carbonyl (C=O) groups is 1. The SMILES string of the molecule is CC1(C(=O)NC2CCCC2n2ccnc2)CCCC1N. The molecule has 0 bridgehead atoms. The van der Waals surface area contributed by atoms with E-state index in [9.17, 15) is 4.79 Å². The van der Waals surface area contributed by atoms with Gasteiger partial charge in [0.25, 0.3) is 0 Å². The van der Waals surface area contributed by atoms with Gasteiger partial charge in [0.1, 0.15) is 0 Å². The van der Waals surface area contributed by atoms with E-state index in [0.717, 1.165) is 38.5 Å². The van der Waals surface area contributed by atoms with E-state index in [1.165, 1.54) is 0 Å². The average Bonchev–Trinajstić information content (AvgIpc) is 3.12. The number of aromatic nitrogens is 2. The minimum absolute atomic E-state index is 0.00408. The summed E-state index contributed by atoms with van der Waals surface area (Å²) >= 11 is 0. The van der Waals surface area contributed by atoms with Gasteiger partial charge >= 0.3 is 0 Å². The summed E-state index contributed by atoms with van der Waals surface area (Å²) in [7, 11) is 0. The molecule has 0 spiro atoms. The molecule has 2 aliphatic rings. The van der Waals surface area contributed by atoms with Crippen molar-refractivity contribution in [3.63, 3.8) is 0 Å². The molecule has 2 aliphatic carbocycles. The molecule has 0 aromatic carbocycles. The summed E-state index contributed by atoms with van der Waals surface area (Å²) in [6.45, 7) is 2.02. The van der Waals surface area contributed by atoms with Crippen molar-refractivity contribution in [1.29, 1.82) is 0 Å². The van der Waals surface area contributed by atoms with E-state index < -0.39 is 0 Å². The molecule has 110 valence electrons. The monoisotopic (exact) mass is 276 g/mol. The highest BCUT2D eigenvalue weighted by Gasteiger charge is 2.44. The Morgan fingerprint density at radius 1 is 1.40 bits per heavy atom. The van der Waals surface area contributed by atoms with Crippen molar-refractivity contribution in [1.82, 2.24) is 14.9 Å². The summed E-state index contributed by atoms with van der Waals surface area (Å²) in [6.07, 6.45) is 11.8. The number of nitrogens with two attached hydrogens (primary N) is 1. The third kappa shape index (κ3) is 2.24.